The number of aliphatic imine (C=N–C) groups is 1. The first-order valence-electron chi connectivity index (χ1n) is 12.0. The second kappa shape index (κ2) is 14.2. The van der Waals surface area contributed by atoms with Gasteiger partial charge in [-0.1, -0.05) is 48.0 Å². The van der Waals surface area contributed by atoms with E-state index >= 15 is 0 Å². The van der Waals surface area contributed by atoms with Crippen LogP contribution in [0, 0.1) is 0 Å². The zero-order valence-corrected chi connectivity index (χ0v) is 22.4. The van der Waals surface area contributed by atoms with E-state index in [0.717, 1.165) is 6.42 Å². The van der Waals surface area contributed by atoms with Crippen molar-refractivity contribution in [3.8, 4) is 0 Å². The van der Waals surface area contributed by atoms with Gasteiger partial charge in [0.15, 0.2) is 0 Å². The number of amides is 3. The number of hydrogen-bond donors (Lipinski definition) is 4. The summed E-state index contributed by atoms with van der Waals surface area (Å²) in [6, 6.07) is 10.4. The van der Waals surface area contributed by atoms with E-state index in [1.807, 2.05) is 19.1 Å². The third kappa shape index (κ3) is 8.36. The van der Waals surface area contributed by atoms with Gasteiger partial charge in [0, 0.05) is 37.3 Å². The summed E-state index contributed by atoms with van der Waals surface area (Å²) in [6.07, 6.45) is 4.52. The number of halogens is 2. The van der Waals surface area contributed by atoms with Crippen LogP contribution in [0.1, 0.15) is 39.6 Å². The molecule has 11 heteroatoms. The largest absolute Gasteiger partial charge is 0.465 e. The third-order valence-electron chi connectivity index (χ3n) is 5.32. The Balaban J connectivity index is 1.42. The van der Waals surface area contributed by atoms with Crippen LogP contribution >= 0.6 is 23.2 Å². The molecule has 200 valence electrons. The van der Waals surface area contributed by atoms with E-state index in [1.165, 1.54) is 0 Å². The van der Waals surface area contributed by atoms with Crippen molar-refractivity contribution in [1.29, 1.82) is 0 Å². The Morgan fingerprint density at radius 1 is 1.03 bits per heavy atom. The third-order valence-corrected chi connectivity index (χ3v) is 5.92. The van der Waals surface area contributed by atoms with Gasteiger partial charge in [-0.25, -0.2) is 4.99 Å². The maximum atomic E-state index is 12.6. The van der Waals surface area contributed by atoms with E-state index in [-0.39, 0.29) is 35.2 Å². The molecule has 1 heterocycles. The van der Waals surface area contributed by atoms with Gasteiger partial charge in [-0.05, 0) is 48.4 Å². The molecule has 38 heavy (non-hydrogen) atoms. The molecule has 1 aliphatic rings. The van der Waals surface area contributed by atoms with Crippen LogP contribution in [0.25, 0.3) is 5.57 Å². The predicted molar refractivity (Wildman–Crippen MR) is 151 cm³/mol. The lowest BCUT2D eigenvalue weighted by Crippen LogP contribution is -2.40. The zero-order chi connectivity index (χ0) is 27.5. The number of nitrogens with zero attached hydrogens (tertiary/aromatic N) is 1. The summed E-state index contributed by atoms with van der Waals surface area (Å²) in [5.74, 6) is -1.29. The lowest BCUT2D eigenvalue weighted by molar-refractivity contribution is -0.120. The molecular weight excluding hydrogens is 529 g/mol. The van der Waals surface area contributed by atoms with Gasteiger partial charge in [-0.2, -0.15) is 0 Å². The maximum absolute atomic E-state index is 12.6. The van der Waals surface area contributed by atoms with Crippen molar-refractivity contribution < 1.29 is 19.1 Å². The van der Waals surface area contributed by atoms with E-state index in [1.54, 1.807) is 36.4 Å². The van der Waals surface area contributed by atoms with Gasteiger partial charge in [0.25, 0.3) is 17.8 Å². The van der Waals surface area contributed by atoms with E-state index in [9.17, 15) is 14.4 Å². The fourth-order valence-electron chi connectivity index (χ4n) is 3.46. The summed E-state index contributed by atoms with van der Waals surface area (Å²) in [4.78, 5) is 41.4. The standard InChI is InChI=1S/C27H29Cl2N5O4/c1-3-6-17(2)19-14-21(28)24(22(29)15-19)26(37)31-11-10-30-23(35)16-33-25(36)18-7-4-8-20(13-18)34-27-32-9-5-12-38-27/h3-4,6-8,13-15H,2,5,9-12,16H2,1H3,(H,30,35)(H,31,37)(H,32,34)(H,33,36)/b6-3-. The molecule has 0 fully saturated rings. The second-order valence-corrected chi connectivity index (χ2v) is 9.04. The summed E-state index contributed by atoms with van der Waals surface area (Å²) >= 11 is 12.6. The van der Waals surface area contributed by atoms with Crippen LogP contribution in [-0.4, -0.2) is 56.5 Å². The Morgan fingerprint density at radius 3 is 2.45 bits per heavy atom. The molecule has 0 spiro atoms. The molecule has 4 N–H and O–H groups in total. The van der Waals surface area contributed by atoms with Gasteiger partial charge in [0.1, 0.15) is 0 Å². The van der Waals surface area contributed by atoms with Crippen LogP contribution in [0.4, 0.5) is 5.69 Å². The Morgan fingerprint density at radius 2 is 1.76 bits per heavy atom. The van der Waals surface area contributed by atoms with Crippen LogP contribution < -0.4 is 21.3 Å². The van der Waals surface area contributed by atoms with Crippen LogP contribution in [0.5, 0.6) is 0 Å². The van der Waals surface area contributed by atoms with Crippen molar-refractivity contribution in [3.05, 3.63) is 81.9 Å². The molecule has 0 bridgehead atoms. The first-order valence-corrected chi connectivity index (χ1v) is 12.7. The van der Waals surface area contributed by atoms with Gasteiger partial charge >= 0.3 is 0 Å². The molecule has 0 unspecified atom stereocenters. The molecule has 9 nitrogen and oxygen atoms in total. The van der Waals surface area contributed by atoms with Crippen LogP contribution in [-0.2, 0) is 9.53 Å². The van der Waals surface area contributed by atoms with Gasteiger partial charge in [0.05, 0.1) is 28.8 Å². The number of carbonyl (C=O) groups is 3. The van der Waals surface area contributed by atoms with Crippen LogP contribution in [0.3, 0.4) is 0 Å². The Hall–Kier alpha value is -3.82. The molecule has 2 aromatic carbocycles. The number of hydrogen-bond acceptors (Lipinski definition) is 6. The van der Waals surface area contributed by atoms with Crippen molar-refractivity contribution in [2.75, 3.05) is 38.1 Å². The topological polar surface area (TPSA) is 121 Å². The number of anilines is 1. The summed E-state index contributed by atoms with van der Waals surface area (Å²) in [6.45, 7) is 7.13. The lowest BCUT2D eigenvalue weighted by Gasteiger charge is -2.15. The molecule has 1 aliphatic heterocycles. The van der Waals surface area contributed by atoms with Crippen molar-refractivity contribution >= 4 is 58.2 Å². The minimum atomic E-state index is -0.469. The van der Waals surface area contributed by atoms with Gasteiger partial charge in [-0.3, -0.25) is 14.4 Å². The van der Waals surface area contributed by atoms with Crippen molar-refractivity contribution in [1.82, 2.24) is 16.0 Å². The molecular formula is C27H29Cl2N5O4. The number of ether oxygens (including phenoxy) is 1. The highest BCUT2D eigenvalue weighted by Crippen LogP contribution is 2.29. The summed E-state index contributed by atoms with van der Waals surface area (Å²) in [5, 5.41) is 11.3. The number of nitrogens with one attached hydrogen (secondary N) is 4. The Kier molecular flexibility index (Phi) is 10.7. The van der Waals surface area contributed by atoms with Crippen molar-refractivity contribution in [2.24, 2.45) is 4.99 Å². The molecule has 0 aliphatic carbocycles. The molecule has 0 aromatic heterocycles. The monoisotopic (exact) mass is 557 g/mol. The van der Waals surface area contributed by atoms with E-state index < -0.39 is 17.7 Å². The summed E-state index contributed by atoms with van der Waals surface area (Å²) in [7, 11) is 0. The average Bonchev–Trinajstić information content (AvgIpc) is 2.90. The van der Waals surface area contributed by atoms with Crippen molar-refractivity contribution in [2.45, 2.75) is 13.3 Å². The van der Waals surface area contributed by atoms with Crippen molar-refractivity contribution in [3.63, 3.8) is 0 Å². The van der Waals surface area contributed by atoms with Gasteiger partial charge in [-0.15, -0.1) is 0 Å². The van der Waals surface area contributed by atoms with E-state index in [0.29, 0.717) is 41.6 Å². The highest BCUT2D eigenvalue weighted by Gasteiger charge is 2.17. The first-order chi connectivity index (χ1) is 18.3. The highest BCUT2D eigenvalue weighted by atomic mass is 35.5. The number of amidine groups is 1. The molecule has 0 saturated heterocycles. The van der Waals surface area contributed by atoms with E-state index in [2.05, 4.69) is 32.8 Å². The molecule has 2 aromatic rings. The molecule has 3 amide bonds. The Labute approximate surface area is 231 Å². The molecule has 0 saturated carbocycles. The SMILES string of the molecule is C=C(/C=C\C)c1cc(Cl)c(C(=O)NCCNC(=O)CNC(=O)c2cccc(NC3=NCCCO3)c2)c(Cl)c1. The minimum absolute atomic E-state index is 0.137. The Bertz CT molecular complexity index is 1250. The van der Waals surface area contributed by atoms with Gasteiger partial charge < -0.3 is 26.0 Å². The fourth-order valence-corrected chi connectivity index (χ4v) is 4.12. The van der Waals surface area contributed by atoms with Crippen LogP contribution in [0.2, 0.25) is 10.0 Å². The number of rotatable bonds is 10. The summed E-state index contributed by atoms with van der Waals surface area (Å²) in [5.41, 5.74) is 2.59. The molecule has 3 rings (SSSR count). The first kappa shape index (κ1) is 28.7. The number of allylic oxidation sites excluding steroid dienone is 3. The normalized spacial score (nSPS) is 12.8. The van der Waals surface area contributed by atoms with Gasteiger partial charge in [0.2, 0.25) is 5.91 Å². The number of carbonyl (C=O) groups excluding carboxylic acids is 3. The fraction of sp³-hybridized carbons (Fsp3) is 0.259. The lowest BCUT2D eigenvalue weighted by atomic mass is 10.0. The second-order valence-electron chi connectivity index (χ2n) is 8.22. The molecule has 0 radical (unpaired) electrons. The zero-order valence-electron chi connectivity index (χ0n) is 20.9. The smallest absolute Gasteiger partial charge is 0.289 e. The quantitative estimate of drug-likeness (QED) is 0.259. The van der Waals surface area contributed by atoms with E-state index in [4.69, 9.17) is 27.9 Å². The number of benzene rings is 2. The molecule has 0 atom stereocenters. The minimum Gasteiger partial charge on any atom is -0.465 e. The average molecular weight is 558 g/mol. The highest BCUT2D eigenvalue weighted by molar-refractivity contribution is 6.40. The van der Waals surface area contributed by atoms with Crippen LogP contribution in [0.15, 0.2) is 60.1 Å². The predicted octanol–water partition coefficient (Wildman–Crippen LogP) is 4.05. The maximum Gasteiger partial charge on any atom is 0.289 e. The summed E-state index contributed by atoms with van der Waals surface area (Å²) < 4.78 is 5.42.